The van der Waals surface area contributed by atoms with Gasteiger partial charge >= 0.3 is 0 Å². The molecule has 0 unspecified atom stereocenters. The highest BCUT2D eigenvalue weighted by Gasteiger charge is 2.05. The fourth-order valence-electron chi connectivity index (χ4n) is 2.20. The Bertz CT molecular complexity index is 802. The van der Waals surface area contributed by atoms with Gasteiger partial charge in [-0.25, -0.2) is 14.4 Å². The van der Waals surface area contributed by atoms with E-state index in [0.29, 0.717) is 12.1 Å². The monoisotopic (exact) mass is 310 g/mol. The zero-order chi connectivity index (χ0) is 16.1. The molecule has 3 aromatic rings. The summed E-state index contributed by atoms with van der Waals surface area (Å²) >= 11 is 0. The van der Waals surface area contributed by atoms with Crippen LogP contribution in [-0.4, -0.2) is 20.4 Å². The first-order chi connectivity index (χ1) is 11.2. The molecule has 0 aliphatic carbocycles. The Kier molecular flexibility index (Phi) is 4.42. The van der Waals surface area contributed by atoms with Crippen molar-refractivity contribution in [3.05, 3.63) is 78.3 Å². The molecule has 0 saturated heterocycles. The molecule has 0 fully saturated rings. The molecule has 2 heterocycles. The summed E-state index contributed by atoms with van der Waals surface area (Å²) in [6.45, 7) is 0.387. The molecular formula is C17H15FN4O. The number of aromatic nitrogens is 3. The predicted octanol–water partition coefficient (Wildman–Crippen LogP) is 2.27. The molecule has 116 valence electrons. The minimum Gasteiger partial charge on any atom is -0.352 e. The van der Waals surface area contributed by atoms with Crippen molar-refractivity contribution in [3.8, 4) is 5.82 Å². The molecule has 1 N–H and O–H groups in total. The fourth-order valence-corrected chi connectivity index (χ4v) is 2.20. The predicted molar refractivity (Wildman–Crippen MR) is 83.3 cm³/mol. The largest absolute Gasteiger partial charge is 0.352 e. The number of amides is 1. The maximum absolute atomic E-state index is 13.1. The lowest BCUT2D eigenvalue weighted by atomic mass is 10.1. The van der Waals surface area contributed by atoms with Gasteiger partial charge in [-0.1, -0.05) is 12.1 Å². The number of nitrogens with one attached hydrogen (secondary N) is 1. The van der Waals surface area contributed by atoms with Crippen LogP contribution in [0.3, 0.4) is 0 Å². The summed E-state index contributed by atoms with van der Waals surface area (Å²) in [5.74, 6) is 0.241. The first-order valence-electron chi connectivity index (χ1n) is 7.15. The van der Waals surface area contributed by atoms with E-state index in [4.69, 9.17) is 0 Å². The Hall–Kier alpha value is -3.02. The number of nitrogens with zero attached hydrogens (tertiary/aromatic N) is 3. The van der Waals surface area contributed by atoms with Crippen molar-refractivity contribution >= 4 is 5.91 Å². The summed E-state index contributed by atoms with van der Waals surface area (Å²) in [7, 11) is 0. The van der Waals surface area contributed by atoms with Gasteiger partial charge in [-0.2, -0.15) is 0 Å². The van der Waals surface area contributed by atoms with Crippen LogP contribution in [0.2, 0.25) is 0 Å². The molecule has 0 bridgehead atoms. The fraction of sp³-hybridized carbons (Fsp3) is 0.118. The first kappa shape index (κ1) is 14.9. The summed E-state index contributed by atoms with van der Waals surface area (Å²) in [4.78, 5) is 20.2. The number of rotatable bonds is 5. The molecule has 6 heteroatoms. The zero-order valence-corrected chi connectivity index (χ0v) is 12.3. The van der Waals surface area contributed by atoms with E-state index in [2.05, 4.69) is 15.3 Å². The summed E-state index contributed by atoms with van der Waals surface area (Å²) in [6.07, 6.45) is 6.97. The highest BCUT2D eigenvalue weighted by molar-refractivity contribution is 5.78. The molecule has 1 amide bonds. The number of carbonyl (C=O) groups is 1. The van der Waals surface area contributed by atoms with Crippen LogP contribution in [0, 0.1) is 5.82 Å². The zero-order valence-electron chi connectivity index (χ0n) is 12.3. The molecule has 5 nitrogen and oxygen atoms in total. The summed E-state index contributed by atoms with van der Waals surface area (Å²) in [6, 6.07) is 9.76. The summed E-state index contributed by atoms with van der Waals surface area (Å²) < 4.78 is 14.9. The molecule has 23 heavy (non-hydrogen) atoms. The minimum atomic E-state index is -0.339. The van der Waals surface area contributed by atoms with Gasteiger partial charge in [0.2, 0.25) is 5.91 Å². The molecule has 0 spiro atoms. The third-order valence-electron chi connectivity index (χ3n) is 3.32. The second kappa shape index (κ2) is 6.83. The van der Waals surface area contributed by atoms with Gasteiger partial charge in [0.25, 0.3) is 0 Å². The van der Waals surface area contributed by atoms with Crippen LogP contribution in [0.25, 0.3) is 5.82 Å². The van der Waals surface area contributed by atoms with Crippen molar-refractivity contribution < 1.29 is 9.18 Å². The Morgan fingerprint density at radius 1 is 1.17 bits per heavy atom. The number of imidazole rings is 1. The van der Waals surface area contributed by atoms with E-state index in [1.165, 1.54) is 12.1 Å². The molecule has 0 atom stereocenters. The van der Waals surface area contributed by atoms with Crippen LogP contribution < -0.4 is 5.32 Å². The van der Waals surface area contributed by atoms with Crippen molar-refractivity contribution in [3.63, 3.8) is 0 Å². The number of halogens is 1. The van der Waals surface area contributed by atoms with Gasteiger partial charge in [0.1, 0.15) is 18.0 Å². The standard InChI is InChI=1S/C17H15FN4O/c18-15-3-1-2-13(8-15)10-17(23)21-11-14-4-5-20-16(9-14)22-7-6-19-12-22/h1-9,12H,10-11H2,(H,21,23). The topological polar surface area (TPSA) is 59.8 Å². The SMILES string of the molecule is O=C(Cc1cccc(F)c1)NCc1ccnc(-n2ccnc2)c1. The Balaban J connectivity index is 1.60. The van der Waals surface area contributed by atoms with Gasteiger partial charge < -0.3 is 5.32 Å². The smallest absolute Gasteiger partial charge is 0.224 e. The van der Waals surface area contributed by atoms with Crippen LogP contribution in [0.1, 0.15) is 11.1 Å². The van der Waals surface area contributed by atoms with Crippen LogP contribution in [0.15, 0.2) is 61.3 Å². The minimum absolute atomic E-state index is 0.150. The van der Waals surface area contributed by atoms with Crippen molar-refractivity contribution in [2.75, 3.05) is 0 Å². The van der Waals surface area contributed by atoms with Crippen LogP contribution in [0.4, 0.5) is 4.39 Å². The third kappa shape index (κ3) is 4.00. The van der Waals surface area contributed by atoms with Gasteiger partial charge in [-0.05, 0) is 35.4 Å². The van der Waals surface area contributed by atoms with Gasteiger partial charge in [0.05, 0.1) is 6.42 Å². The lowest BCUT2D eigenvalue weighted by Crippen LogP contribution is -2.24. The van der Waals surface area contributed by atoms with Crippen LogP contribution >= 0.6 is 0 Å². The lowest BCUT2D eigenvalue weighted by molar-refractivity contribution is -0.120. The first-order valence-corrected chi connectivity index (χ1v) is 7.15. The Labute approximate surface area is 132 Å². The lowest BCUT2D eigenvalue weighted by Gasteiger charge is -2.07. The number of hydrogen-bond donors (Lipinski definition) is 1. The third-order valence-corrected chi connectivity index (χ3v) is 3.32. The van der Waals surface area contributed by atoms with E-state index in [9.17, 15) is 9.18 Å². The van der Waals surface area contributed by atoms with E-state index in [1.807, 2.05) is 12.1 Å². The van der Waals surface area contributed by atoms with E-state index in [-0.39, 0.29) is 18.1 Å². The van der Waals surface area contributed by atoms with Crippen LogP contribution in [-0.2, 0) is 17.8 Å². The molecule has 0 radical (unpaired) electrons. The quantitative estimate of drug-likeness (QED) is 0.786. The van der Waals surface area contributed by atoms with Gasteiger partial charge in [0, 0.05) is 25.1 Å². The molecular weight excluding hydrogens is 295 g/mol. The van der Waals surface area contributed by atoms with E-state index >= 15 is 0 Å². The van der Waals surface area contributed by atoms with Crippen molar-refractivity contribution in [1.82, 2.24) is 19.9 Å². The maximum atomic E-state index is 13.1. The van der Waals surface area contributed by atoms with Crippen LogP contribution in [0.5, 0.6) is 0 Å². The Morgan fingerprint density at radius 3 is 2.87 bits per heavy atom. The average Bonchev–Trinajstić information content (AvgIpc) is 3.08. The van der Waals surface area contributed by atoms with E-state index < -0.39 is 0 Å². The second-order valence-corrected chi connectivity index (χ2v) is 5.08. The number of hydrogen-bond acceptors (Lipinski definition) is 3. The highest BCUT2D eigenvalue weighted by atomic mass is 19.1. The maximum Gasteiger partial charge on any atom is 0.224 e. The van der Waals surface area contributed by atoms with Crippen molar-refractivity contribution in [2.45, 2.75) is 13.0 Å². The molecule has 0 aliphatic heterocycles. The summed E-state index contributed by atoms with van der Waals surface area (Å²) in [5.41, 5.74) is 1.58. The van der Waals surface area contributed by atoms with Gasteiger partial charge in [-0.3, -0.25) is 9.36 Å². The summed E-state index contributed by atoms with van der Waals surface area (Å²) in [5, 5.41) is 2.83. The molecule has 2 aromatic heterocycles. The molecule has 0 saturated carbocycles. The van der Waals surface area contributed by atoms with Crippen molar-refractivity contribution in [2.24, 2.45) is 0 Å². The van der Waals surface area contributed by atoms with Gasteiger partial charge in [-0.15, -0.1) is 0 Å². The highest BCUT2D eigenvalue weighted by Crippen LogP contribution is 2.07. The van der Waals surface area contributed by atoms with E-state index in [1.54, 1.807) is 41.6 Å². The molecule has 1 aromatic carbocycles. The average molecular weight is 310 g/mol. The van der Waals surface area contributed by atoms with E-state index in [0.717, 1.165) is 11.4 Å². The number of pyridine rings is 1. The number of carbonyl (C=O) groups excluding carboxylic acids is 1. The second-order valence-electron chi connectivity index (χ2n) is 5.08. The Morgan fingerprint density at radius 2 is 2.09 bits per heavy atom. The molecule has 3 rings (SSSR count). The van der Waals surface area contributed by atoms with Crippen molar-refractivity contribution in [1.29, 1.82) is 0 Å². The normalized spacial score (nSPS) is 10.5. The molecule has 0 aliphatic rings. The van der Waals surface area contributed by atoms with Gasteiger partial charge in [0.15, 0.2) is 0 Å². The number of benzene rings is 1.